The van der Waals surface area contributed by atoms with Crippen molar-refractivity contribution in [3.05, 3.63) is 24.3 Å². The molecule has 0 aliphatic heterocycles. The van der Waals surface area contributed by atoms with Crippen molar-refractivity contribution >= 4 is 19.7 Å². The first kappa shape index (κ1) is 12.8. The van der Waals surface area contributed by atoms with Crippen molar-refractivity contribution < 1.29 is 13.2 Å². The van der Waals surface area contributed by atoms with Crippen LogP contribution in [-0.2, 0) is 9.05 Å². The predicted molar refractivity (Wildman–Crippen MR) is 66.0 cm³/mol. The van der Waals surface area contributed by atoms with E-state index in [1.165, 1.54) is 0 Å². The van der Waals surface area contributed by atoms with Crippen molar-refractivity contribution in [2.45, 2.75) is 12.1 Å². The molecule has 0 aliphatic carbocycles. The molecule has 0 unspecified atom stereocenters. The standard InChI is InChI=1S/C10H10ClN3O3S/c1-2-17-8-6-4-3-5-7(8)9-12-10(14-13-9)18(11,15)16/h3-6H,2H2,1H3,(H,12,13,14). The Kier molecular flexibility index (Phi) is 3.53. The van der Waals surface area contributed by atoms with Crippen LogP contribution in [0.15, 0.2) is 29.4 Å². The van der Waals surface area contributed by atoms with Gasteiger partial charge in [-0.25, -0.2) is 13.5 Å². The van der Waals surface area contributed by atoms with E-state index < -0.39 is 9.05 Å². The van der Waals surface area contributed by atoms with Gasteiger partial charge >= 0.3 is 0 Å². The Bertz CT molecular complexity index is 654. The molecule has 1 aromatic heterocycles. The van der Waals surface area contributed by atoms with Crippen molar-refractivity contribution in [3.63, 3.8) is 0 Å². The van der Waals surface area contributed by atoms with Crippen molar-refractivity contribution in [1.82, 2.24) is 15.2 Å². The van der Waals surface area contributed by atoms with Crippen LogP contribution < -0.4 is 4.74 Å². The van der Waals surface area contributed by atoms with E-state index in [2.05, 4.69) is 15.2 Å². The molecule has 0 atom stereocenters. The van der Waals surface area contributed by atoms with Gasteiger partial charge in [0.25, 0.3) is 14.2 Å². The lowest BCUT2D eigenvalue weighted by molar-refractivity contribution is 0.341. The molecular formula is C10H10ClN3O3S. The molecule has 0 radical (unpaired) electrons. The summed E-state index contributed by atoms with van der Waals surface area (Å²) in [5.74, 6) is 0.802. The number of nitrogens with one attached hydrogen (secondary N) is 1. The lowest BCUT2D eigenvalue weighted by Gasteiger charge is -2.06. The first-order chi connectivity index (χ1) is 8.52. The van der Waals surface area contributed by atoms with Crippen LogP contribution in [0.1, 0.15) is 6.92 Å². The summed E-state index contributed by atoms with van der Waals surface area (Å²) < 4.78 is 27.6. The fourth-order valence-corrected chi connectivity index (χ4v) is 1.97. The summed E-state index contributed by atoms with van der Waals surface area (Å²) in [4.78, 5) is 3.83. The highest BCUT2D eigenvalue weighted by Crippen LogP contribution is 2.27. The first-order valence-electron chi connectivity index (χ1n) is 5.11. The van der Waals surface area contributed by atoms with E-state index in [-0.39, 0.29) is 11.0 Å². The normalized spacial score (nSPS) is 11.4. The molecule has 0 fully saturated rings. The number of hydrogen-bond donors (Lipinski definition) is 1. The van der Waals surface area contributed by atoms with Crippen LogP contribution in [0.25, 0.3) is 11.4 Å². The van der Waals surface area contributed by atoms with Gasteiger partial charge in [-0.3, -0.25) is 0 Å². The number of aromatic nitrogens is 3. The van der Waals surface area contributed by atoms with Crippen LogP contribution >= 0.6 is 10.7 Å². The number of aromatic amines is 1. The van der Waals surface area contributed by atoms with E-state index in [0.717, 1.165) is 0 Å². The first-order valence-corrected chi connectivity index (χ1v) is 7.42. The molecule has 2 rings (SSSR count). The third-order valence-electron chi connectivity index (χ3n) is 2.12. The fourth-order valence-electron chi connectivity index (χ4n) is 1.41. The van der Waals surface area contributed by atoms with Crippen LogP contribution in [0.3, 0.4) is 0 Å². The van der Waals surface area contributed by atoms with Gasteiger partial charge in [-0.1, -0.05) is 12.1 Å². The number of ether oxygens (including phenoxy) is 1. The van der Waals surface area contributed by atoms with Gasteiger partial charge in [0.05, 0.1) is 12.2 Å². The minimum atomic E-state index is -3.91. The summed E-state index contributed by atoms with van der Waals surface area (Å²) in [6, 6.07) is 7.08. The molecule has 1 heterocycles. The number of benzene rings is 1. The zero-order valence-corrected chi connectivity index (χ0v) is 11.0. The summed E-state index contributed by atoms with van der Waals surface area (Å²) in [6.07, 6.45) is 0. The maximum absolute atomic E-state index is 11.1. The van der Waals surface area contributed by atoms with E-state index in [9.17, 15) is 8.42 Å². The average molecular weight is 288 g/mol. The highest BCUT2D eigenvalue weighted by atomic mass is 35.7. The lowest BCUT2D eigenvalue weighted by Crippen LogP contribution is -1.95. The zero-order valence-electron chi connectivity index (χ0n) is 9.42. The molecule has 0 aliphatic rings. The minimum Gasteiger partial charge on any atom is -0.493 e. The summed E-state index contributed by atoms with van der Waals surface area (Å²) >= 11 is 0. The molecule has 0 saturated carbocycles. The predicted octanol–water partition coefficient (Wildman–Crippen LogP) is 1.80. The molecule has 1 aromatic carbocycles. The van der Waals surface area contributed by atoms with Crippen LogP contribution in [-0.4, -0.2) is 30.2 Å². The molecular weight excluding hydrogens is 278 g/mol. The van der Waals surface area contributed by atoms with Crippen LogP contribution in [0.2, 0.25) is 0 Å². The van der Waals surface area contributed by atoms with Gasteiger partial charge in [-0.15, -0.1) is 0 Å². The second-order valence-electron chi connectivity index (χ2n) is 3.33. The van der Waals surface area contributed by atoms with Gasteiger partial charge in [0, 0.05) is 10.7 Å². The molecule has 0 bridgehead atoms. The van der Waals surface area contributed by atoms with E-state index in [1.807, 2.05) is 6.92 Å². The second kappa shape index (κ2) is 4.95. The Hall–Kier alpha value is -1.60. The van der Waals surface area contributed by atoms with Crippen LogP contribution in [0, 0.1) is 0 Å². The Morgan fingerprint density at radius 1 is 1.39 bits per heavy atom. The van der Waals surface area contributed by atoms with E-state index >= 15 is 0 Å². The molecule has 96 valence electrons. The second-order valence-corrected chi connectivity index (χ2v) is 5.81. The van der Waals surface area contributed by atoms with E-state index in [4.69, 9.17) is 15.4 Å². The lowest BCUT2D eigenvalue weighted by atomic mass is 10.2. The average Bonchev–Trinajstić information content (AvgIpc) is 2.79. The number of hydrogen-bond acceptors (Lipinski definition) is 5. The SMILES string of the molecule is CCOc1ccccc1-c1n[nH]c(S(=O)(=O)Cl)n1. The van der Waals surface area contributed by atoms with Crippen molar-refractivity contribution in [2.75, 3.05) is 6.61 Å². The van der Waals surface area contributed by atoms with Gasteiger partial charge in [0.2, 0.25) is 0 Å². The Morgan fingerprint density at radius 3 is 2.72 bits per heavy atom. The van der Waals surface area contributed by atoms with Gasteiger partial charge in [0.15, 0.2) is 5.82 Å². The Morgan fingerprint density at radius 2 is 2.11 bits per heavy atom. The zero-order chi connectivity index (χ0) is 13.2. The third-order valence-corrected chi connectivity index (χ3v) is 3.21. The largest absolute Gasteiger partial charge is 0.493 e. The fraction of sp³-hybridized carbons (Fsp3) is 0.200. The van der Waals surface area contributed by atoms with E-state index in [1.54, 1.807) is 24.3 Å². The maximum Gasteiger partial charge on any atom is 0.296 e. The van der Waals surface area contributed by atoms with E-state index in [0.29, 0.717) is 17.9 Å². The molecule has 0 saturated heterocycles. The molecule has 1 N–H and O–H groups in total. The molecule has 6 nitrogen and oxygen atoms in total. The molecule has 2 aromatic rings. The minimum absolute atomic E-state index is 0.221. The maximum atomic E-state index is 11.1. The number of halogens is 1. The smallest absolute Gasteiger partial charge is 0.296 e. The van der Waals surface area contributed by atoms with Gasteiger partial charge in [0.1, 0.15) is 5.75 Å². The summed E-state index contributed by atoms with van der Waals surface area (Å²) in [7, 11) is 1.25. The summed E-state index contributed by atoms with van der Waals surface area (Å²) in [5, 5.41) is 5.71. The van der Waals surface area contributed by atoms with Crippen molar-refractivity contribution in [1.29, 1.82) is 0 Å². The van der Waals surface area contributed by atoms with Gasteiger partial charge in [-0.05, 0) is 19.1 Å². The van der Waals surface area contributed by atoms with Gasteiger partial charge < -0.3 is 4.74 Å². The Labute approximate surface area is 108 Å². The highest BCUT2D eigenvalue weighted by Gasteiger charge is 2.18. The molecule has 0 amide bonds. The quantitative estimate of drug-likeness (QED) is 0.867. The van der Waals surface area contributed by atoms with Crippen molar-refractivity contribution in [2.24, 2.45) is 0 Å². The molecule has 18 heavy (non-hydrogen) atoms. The van der Waals surface area contributed by atoms with Crippen LogP contribution in [0.5, 0.6) is 5.75 Å². The number of para-hydroxylation sites is 1. The monoisotopic (exact) mass is 287 g/mol. The number of rotatable bonds is 4. The van der Waals surface area contributed by atoms with Crippen LogP contribution in [0.4, 0.5) is 0 Å². The molecule has 8 heteroatoms. The highest BCUT2D eigenvalue weighted by molar-refractivity contribution is 8.13. The number of H-pyrrole nitrogens is 1. The Balaban J connectivity index is 2.46. The molecule has 0 spiro atoms. The topological polar surface area (TPSA) is 84.9 Å². The number of nitrogens with zero attached hydrogens (tertiary/aromatic N) is 2. The summed E-state index contributed by atoms with van der Waals surface area (Å²) in [6.45, 7) is 2.34. The van der Waals surface area contributed by atoms with Crippen molar-refractivity contribution in [3.8, 4) is 17.1 Å². The third kappa shape index (κ3) is 2.62. The van der Waals surface area contributed by atoms with Gasteiger partial charge in [-0.2, -0.15) is 10.1 Å². The summed E-state index contributed by atoms with van der Waals surface area (Å²) in [5.41, 5.74) is 0.599.